The largest absolute Gasteiger partial charge is 0.391 e. The first-order valence-corrected chi connectivity index (χ1v) is 3.11. The highest BCUT2D eigenvalue weighted by Gasteiger charge is 2.29. The van der Waals surface area contributed by atoms with Gasteiger partial charge < -0.3 is 10.4 Å². The van der Waals surface area contributed by atoms with E-state index in [1.807, 2.05) is 0 Å². The van der Waals surface area contributed by atoms with Gasteiger partial charge in [0.15, 0.2) is 5.92 Å². The maximum absolute atomic E-state index is 10.7. The minimum Gasteiger partial charge on any atom is -0.391 e. The molecule has 0 saturated carbocycles. The van der Waals surface area contributed by atoms with E-state index in [0.29, 0.717) is 13.0 Å². The summed E-state index contributed by atoms with van der Waals surface area (Å²) in [4.78, 5) is 10.7. The fourth-order valence-electron chi connectivity index (χ4n) is 0.939. The summed E-state index contributed by atoms with van der Waals surface area (Å²) in [5.41, 5.74) is 0. The summed E-state index contributed by atoms with van der Waals surface area (Å²) in [5.74, 6) is -1.23. The molecule has 0 aromatic heterocycles. The van der Waals surface area contributed by atoms with E-state index in [0.717, 1.165) is 0 Å². The average Bonchev–Trinajstić information content (AvgIpc) is 1.88. The zero-order valence-corrected chi connectivity index (χ0v) is 5.37. The number of piperidine rings is 1. The van der Waals surface area contributed by atoms with Gasteiger partial charge in [-0.2, -0.15) is 5.26 Å². The van der Waals surface area contributed by atoms with E-state index in [4.69, 9.17) is 10.4 Å². The summed E-state index contributed by atoms with van der Waals surface area (Å²) in [6, 6.07) is 1.74. The SMILES string of the molecule is N#CC1C(=O)NCCC1O. The standard InChI is InChI=1S/C6H8N2O2/c7-3-4-5(9)1-2-8-6(4)10/h4-5,9H,1-2H2,(H,8,10). The number of hydrogen-bond donors (Lipinski definition) is 2. The minimum atomic E-state index is -0.867. The highest BCUT2D eigenvalue weighted by molar-refractivity contribution is 5.82. The first-order chi connectivity index (χ1) is 4.75. The van der Waals surface area contributed by atoms with Gasteiger partial charge in [-0.05, 0) is 6.42 Å². The molecule has 4 nitrogen and oxygen atoms in total. The maximum Gasteiger partial charge on any atom is 0.240 e. The van der Waals surface area contributed by atoms with Crippen molar-refractivity contribution in [3.05, 3.63) is 0 Å². The Kier molecular flexibility index (Phi) is 1.88. The van der Waals surface area contributed by atoms with Crippen LogP contribution in [0.15, 0.2) is 0 Å². The molecule has 0 radical (unpaired) electrons. The number of nitriles is 1. The fraction of sp³-hybridized carbons (Fsp3) is 0.667. The second kappa shape index (κ2) is 2.67. The molecule has 4 heteroatoms. The number of hydrogen-bond acceptors (Lipinski definition) is 3. The molecule has 1 heterocycles. The number of carbonyl (C=O) groups is 1. The Bertz CT molecular complexity index is 185. The van der Waals surface area contributed by atoms with Crippen molar-refractivity contribution in [1.82, 2.24) is 5.32 Å². The molecule has 0 spiro atoms. The van der Waals surface area contributed by atoms with Crippen molar-refractivity contribution >= 4 is 5.91 Å². The predicted octanol–water partition coefficient (Wildman–Crippen LogP) is -0.993. The Morgan fingerprint density at radius 3 is 2.90 bits per heavy atom. The molecule has 2 N–H and O–H groups in total. The number of nitrogens with one attached hydrogen (secondary N) is 1. The van der Waals surface area contributed by atoms with E-state index in [-0.39, 0.29) is 5.91 Å². The van der Waals surface area contributed by atoms with Crippen molar-refractivity contribution < 1.29 is 9.90 Å². The molecule has 0 aromatic carbocycles. The summed E-state index contributed by atoms with van der Waals surface area (Å²) in [6.45, 7) is 0.470. The molecule has 1 amide bonds. The Balaban J connectivity index is 2.65. The zero-order valence-electron chi connectivity index (χ0n) is 5.37. The van der Waals surface area contributed by atoms with Crippen molar-refractivity contribution in [3.8, 4) is 6.07 Å². The van der Waals surface area contributed by atoms with Crippen LogP contribution in [0.1, 0.15) is 6.42 Å². The van der Waals surface area contributed by atoms with Crippen LogP contribution in [-0.4, -0.2) is 23.7 Å². The second-order valence-electron chi connectivity index (χ2n) is 2.25. The molecule has 10 heavy (non-hydrogen) atoms. The highest BCUT2D eigenvalue weighted by Crippen LogP contribution is 2.10. The van der Waals surface area contributed by atoms with Crippen molar-refractivity contribution in [1.29, 1.82) is 5.26 Å². The Hall–Kier alpha value is -1.08. The number of amides is 1. The lowest BCUT2D eigenvalue weighted by atomic mass is 9.97. The molecule has 2 unspecified atom stereocenters. The van der Waals surface area contributed by atoms with E-state index in [1.165, 1.54) is 0 Å². The van der Waals surface area contributed by atoms with Crippen LogP contribution >= 0.6 is 0 Å². The van der Waals surface area contributed by atoms with Gasteiger partial charge in [0.05, 0.1) is 12.2 Å². The normalized spacial score (nSPS) is 32.6. The van der Waals surface area contributed by atoms with Gasteiger partial charge in [-0.25, -0.2) is 0 Å². The highest BCUT2D eigenvalue weighted by atomic mass is 16.3. The van der Waals surface area contributed by atoms with Crippen molar-refractivity contribution in [2.75, 3.05) is 6.54 Å². The van der Waals surface area contributed by atoms with Crippen LogP contribution in [0.2, 0.25) is 0 Å². The predicted molar refractivity (Wildman–Crippen MR) is 32.7 cm³/mol. The molecule has 2 atom stereocenters. The Morgan fingerprint density at radius 1 is 1.80 bits per heavy atom. The van der Waals surface area contributed by atoms with Gasteiger partial charge in [0, 0.05) is 6.54 Å². The first-order valence-electron chi connectivity index (χ1n) is 3.11. The smallest absolute Gasteiger partial charge is 0.240 e. The lowest BCUT2D eigenvalue weighted by Crippen LogP contribution is -2.44. The number of aliphatic hydroxyl groups excluding tert-OH is 1. The van der Waals surface area contributed by atoms with Gasteiger partial charge in [0.1, 0.15) is 0 Å². The minimum absolute atomic E-state index is 0.360. The molecule has 1 aliphatic heterocycles. The molecule has 1 fully saturated rings. The van der Waals surface area contributed by atoms with Crippen LogP contribution in [0.4, 0.5) is 0 Å². The molecule has 0 bridgehead atoms. The second-order valence-corrected chi connectivity index (χ2v) is 2.25. The summed E-state index contributed by atoms with van der Waals surface area (Å²) >= 11 is 0. The Labute approximate surface area is 58.5 Å². The van der Waals surface area contributed by atoms with Gasteiger partial charge in [-0.15, -0.1) is 0 Å². The molecular formula is C6H8N2O2. The topological polar surface area (TPSA) is 73.1 Å². The van der Waals surface area contributed by atoms with Crippen LogP contribution < -0.4 is 5.32 Å². The maximum atomic E-state index is 10.7. The Morgan fingerprint density at radius 2 is 2.50 bits per heavy atom. The van der Waals surface area contributed by atoms with Crippen LogP contribution in [-0.2, 0) is 4.79 Å². The fourth-order valence-corrected chi connectivity index (χ4v) is 0.939. The lowest BCUT2D eigenvalue weighted by molar-refractivity contribution is -0.128. The number of aliphatic hydroxyl groups is 1. The van der Waals surface area contributed by atoms with E-state index in [1.54, 1.807) is 6.07 Å². The van der Waals surface area contributed by atoms with E-state index < -0.39 is 12.0 Å². The monoisotopic (exact) mass is 140 g/mol. The summed E-state index contributed by atoms with van der Waals surface area (Å²) < 4.78 is 0. The van der Waals surface area contributed by atoms with Crippen LogP contribution in [0, 0.1) is 17.2 Å². The van der Waals surface area contributed by atoms with Crippen molar-refractivity contribution in [2.24, 2.45) is 5.92 Å². The molecular weight excluding hydrogens is 132 g/mol. The lowest BCUT2D eigenvalue weighted by Gasteiger charge is -2.21. The third-order valence-electron chi connectivity index (χ3n) is 1.55. The van der Waals surface area contributed by atoms with Crippen molar-refractivity contribution in [2.45, 2.75) is 12.5 Å². The van der Waals surface area contributed by atoms with Crippen LogP contribution in [0.5, 0.6) is 0 Å². The summed E-state index contributed by atoms with van der Waals surface area (Å²) in [6.07, 6.45) is -0.303. The molecule has 0 aliphatic carbocycles. The summed E-state index contributed by atoms with van der Waals surface area (Å²) in [5, 5.41) is 19.9. The molecule has 1 aliphatic rings. The van der Waals surface area contributed by atoms with Gasteiger partial charge in [0.2, 0.25) is 5.91 Å². The average molecular weight is 140 g/mol. The zero-order chi connectivity index (χ0) is 7.56. The van der Waals surface area contributed by atoms with Crippen LogP contribution in [0.25, 0.3) is 0 Å². The quantitative estimate of drug-likeness (QED) is 0.453. The van der Waals surface area contributed by atoms with E-state index in [2.05, 4.69) is 5.32 Å². The number of rotatable bonds is 0. The van der Waals surface area contributed by atoms with Gasteiger partial charge >= 0.3 is 0 Å². The van der Waals surface area contributed by atoms with Gasteiger partial charge in [0.25, 0.3) is 0 Å². The molecule has 1 rings (SSSR count). The molecule has 0 aromatic rings. The van der Waals surface area contributed by atoms with Gasteiger partial charge in [-0.3, -0.25) is 4.79 Å². The molecule has 1 saturated heterocycles. The first kappa shape index (κ1) is 7.03. The van der Waals surface area contributed by atoms with Gasteiger partial charge in [-0.1, -0.05) is 0 Å². The summed E-state index contributed by atoms with van der Waals surface area (Å²) in [7, 11) is 0. The van der Waals surface area contributed by atoms with Crippen LogP contribution in [0.3, 0.4) is 0 Å². The number of nitrogens with zero attached hydrogens (tertiary/aromatic N) is 1. The van der Waals surface area contributed by atoms with E-state index in [9.17, 15) is 4.79 Å². The molecule has 54 valence electrons. The number of carbonyl (C=O) groups excluding carboxylic acids is 1. The van der Waals surface area contributed by atoms with E-state index >= 15 is 0 Å². The third kappa shape index (κ3) is 1.09. The van der Waals surface area contributed by atoms with Crippen molar-refractivity contribution in [3.63, 3.8) is 0 Å². The third-order valence-corrected chi connectivity index (χ3v) is 1.55.